The molecule has 2 N–H and O–H groups in total. The summed E-state index contributed by atoms with van der Waals surface area (Å²) in [6, 6.07) is 8.27. The van der Waals surface area contributed by atoms with E-state index < -0.39 is 15.9 Å². The number of rotatable bonds is 9. The van der Waals surface area contributed by atoms with Crippen LogP contribution in [-0.4, -0.2) is 32.8 Å². The molecule has 10 heteroatoms. The topological polar surface area (TPSA) is 93.7 Å². The van der Waals surface area contributed by atoms with Crippen LogP contribution in [0.3, 0.4) is 0 Å². The van der Waals surface area contributed by atoms with Crippen LogP contribution in [0.25, 0.3) is 0 Å². The van der Waals surface area contributed by atoms with Crippen LogP contribution in [0, 0.1) is 0 Å². The number of unbranched alkanes of at least 4 members (excludes halogenated alkanes) is 1. The van der Waals surface area contributed by atoms with E-state index in [4.69, 9.17) is 32.7 Å². The molecule has 0 bridgehead atoms. The second-order valence-electron chi connectivity index (χ2n) is 9.73. The van der Waals surface area contributed by atoms with Gasteiger partial charge in [-0.3, -0.25) is 9.52 Å². The van der Waals surface area contributed by atoms with Gasteiger partial charge < -0.3 is 14.8 Å². The van der Waals surface area contributed by atoms with Crippen molar-refractivity contribution in [2.45, 2.75) is 69.9 Å². The average molecular weight is 556 g/mol. The first-order valence-electron chi connectivity index (χ1n) is 12.2. The normalized spacial score (nSPS) is 19.0. The number of halogens is 2. The summed E-state index contributed by atoms with van der Waals surface area (Å²) in [6.07, 6.45) is 6.31. The van der Waals surface area contributed by atoms with Crippen LogP contribution in [0.15, 0.2) is 30.3 Å². The maximum Gasteiger partial charge on any atom is 0.229 e. The molecule has 1 heterocycles. The van der Waals surface area contributed by atoms with E-state index >= 15 is 0 Å². The number of carbonyl (C=O) groups excluding carboxylic acids is 1. The molecule has 1 fully saturated rings. The lowest BCUT2D eigenvalue weighted by Gasteiger charge is -2.48. The lowest BCUT2D eigenvalue weighted by Crippen LogP contribution is -2.50. The van der Waals surface area contributed by atoms with E-state index in [9.17, 15) is 13.2 Å². The van der Waals surface area contributed by atoms with Crippen LogP contribution in [0.2, 0.25) is 10.0 Å². The van der Waals surface area contributed by atoms with E-state index in [1.54, 1.807) is 37.3 Å². The first-order chi connectivity index (χ1) is 17.0. The van der Waals surface area contributed by atoms with Gasteiger partial charge in [-0.15, -0.1) is 0 Å². The first-order valence-corrected chi connectivity index (χ1v) is 14.9. The number of hydrogen-bond donors (Lipinski definition) is 2. The summed E-state index contributed by atoms with van der Waals surface area (Å²) >= 11 is 12.8. The minimum atomic E-state index is -3.54. The van der Waals surface area contributed by atoms with Crippen LogP contribution in [0.5, 0.6) is 11.5 Å². The zero-order valence-corrected chi connectivity index (χ0v) is 23.0. The zero-order chi connectivity index (χ0) is 26.1. The molecule has 2 aromatic carbocycles. The molecule has 0 radical (unpaired) electrons. The third-order valence-corrected chi connectivity index (χ3v) is 7.92. The number of para-hydroxylation sites is 1. The Kier molecular flexibility index (Phi) is 7.98. The van der Waals surface area contributed by atoms with Gasteiger partial charge >= 0.3 is 0 Å². The summed E-state index contributed by atoms with van der Waals surface area (Å²) in [4.78, 5) is 13.6. The largest absolute Gasteiger partial charge is 0.491 e. The number of nitrogens with one attached hydrogen (secondary N) is 2. The minimum Gasteiger partial charge on any atom is -0.491 e. The number of amides is 1. The third kappa shape index (κ3) is 5.87. The molecule has 36 heavy (non-hydrogen) atoms. The molecule has 2 aromatic rings. The molecule has 7 nitrogen and oxygen atoms in total. The fourth-order valence-corrected chi connectivity index (χ4v) is 5.89. The lowest BCUT2D eigenvalue weighted by atomic mass is 9.73. The summed E-state index contributed by atoms with van der Waals surface area (Å²) in [7, 11) is -3.54. The highest BCUT2D eigenvalue weighted by atomic mass is 35.5. The molecule has 2 aliphatic rings. The number of hydrogen-bond acceptors (Lipinski definition) is 5. The summed E-state index contributed by atoms with van der Waals surface area (Å²) in [5.41, 5.74) is 1.35. The highest BCUT2D eigenvalue weighted by molar-refractivity contribution is 7.92. The maximum atomic E-state index is 13.6. The standard InChI is InChI=1S/C26H32Cl2N2O5S/c1-4-5-12-34-24-18(8-6-9-21(24)30-36(3,32)33)16(2)25(31)29-22-15-26(10-7-11-26)35-23-19(22)13-17(27)14-20(23)28/h6,8-9,13-14,16,22,30H,4-5,7,10-12,15H2,1-3H3,(H,29,31). The van der Waals surface area contributed by atoms with Crippen molar-refractivity contribution in [1.82, 2.24) is 5.32 Å². The molecule has 1 aliphatic heterocycles. The van der Waals surface area contributed by atoms with E-state index in [-0.39, 0.29) is 17.6 Å². The highest BCUT2D eigenvalue weighted by Crippen LogP contribution is 2.51. The third-order valence-electron chi connectivity index (χ3n) is 6.83. The van der Waals surface area contributed by atoms with Crippen molar-refractivity contribution in [3.05, 3.63) is 51.5 Å². The van der Waals surface area contributed by atoms with Crippen LogP contribution < -0.4 is 19.5 Å². The first kappa shape index (κ1) is 26.9. The quantitative estimate of drug-likeness (QED) is 0.359. The average Bonchev–Trinajstić information content (AvgIpc) is 2.78. The predicted molar refractivity (Wildman–Crippen MR) is 143 cm³/mol. The SMILES string of the molecule is CCCCOc1c(NS(C)(=O)=O)cccc1C(C)C(=O)NC1CC2(CCC2)Oc2c(Cl)cc(Cl)cc21. The van der Waals surface area contributed by atoms with E-state index in [0.717, 1.165) is 43.9 Å². The van der Waals surface area contributed by atoms with Gasteiger partial charge in [0.05, 0.1) is 35.5 Å². The van der Waals surface area contributed by atoms with Gasteiger partial charge in [0.25, 0.3) is 0 Å². The zero-order valence-electron chi connectivity index (χ0n) is 20.7. The number of ether oxygens (including phenoxy) is 2. The number of anilines is 1. The minimum absolute atomic E-state index is 0.213. The predicted octanol–water partition coefficient (Wildman–Crippen LogP) is 6.21. The van der Waals surface area contributed by atoms with E-state index in [2.05, 4.69) is 10.0 Å². The van der Waals surface area contributed by atoms with Gasteiger partial charge in [-0.1, -0.05) is 48.7 Å². The second kappa shape index (κ2) is 10.7. The number of sulfonamides is 1. The number of benzene rings is 2. The Morgan fingerprint density at radius 2 is 2.03 bits per heavy atom. The molecule has 2 atom stereocenters. The van der Waals surface area contributed by atoms with Crippen molar-refractivity contribution in [2.24, 2.45) is 0 Å². The van der Waals surface area contributed by atoms with Gasteiger partial charge in [0.1, 0.15) is 17.1 Å². The summed E-state index contributed by atoms with van der Waals surface area (Å²) < 4.78 is 38.7. The molecule has 196 valence electrons. The Balaban J connectivity index is 1.63. The Bertz CT molecular complexity index is 1250. The number of fused-ring (bicyclic) bond motifs is 1. The Morgan fingerprint density at radius 1 is 1.28 bits per heavy atom. The smallest absolute Gasteiger partial charge is 0.229 e. The second-order valence-corrected chi connectivity index (χ2v) is 12.3. The van der Waals surface area contributed by atoms with Crippen molar-refractivity contribution < 1.29 is 22.7 Å². The van der Waals surface area contributed by atoms with Gasteiger partial charge in [0.15, 0.2) is 0 Å². The molecule has 4 rings (SSSR count). The highest BCUT2D eigenvalue weighted by Gasteiger charge is 2.47. The molecular formula is C26H32Cl2N2O5S. The summed E-state index contributed by atoms with van der Waals surface area (Å²) in [5, 5.41) is 4.09. The van der Waals surface area contributed by atoms with Gasteiger partial charge in [0.2, 0.25) is 15.9 Å². The van der Waals surface area contributed by atoms with Gasteiger partial charge in [-0.2, -0.15) is 0 Å². The van der Waals surface area contributed by atoms with Gasteiger partial charge in [0, 0.05) is 22.6 Å². The van der Waals surface area contributed by atoms with Gasteiger partial charge in [-0.05, 0) is 50.8 Å². The van der Waals surface area contributed by atoms with Gasteiger partial charge in [-0.25, -0.2) is 8.42 Å². The molecule has 1 amide bonds. The van der Waals surface area contributed by atoms with Crippen molar-refractivity contribution in [2.75, 3.05) is 17.6 Å². The lowest BCUT2D eigenvalue weighted by molar-refractivity contribution is -0.124. The van der Waals surface area contributed by atoms with Crippen LogP contribution >= 0.6 is 23.2 Å². The van der Waals surface area contributed by atoms with Crippen LogP contribution in [-0.2, 0) is 14.8 Å². The Morgan fingerprint density at radius 3 is 2.67 bits per heavy atom. The molecule has 0 aromatic heterocycles. The van der Waals surface area contributed by atoms with Crippen molar-refractivity contribution >= 4 is 44.8 Å². The molecule has 1 aliphatic carbocycles. The molecule has 1 spiro atoms. The molecule has 0 saturated heterocycles. The van der Waals surface area contributed by atoms with E-state index in [1.807, 2.05) is 6.92 Å². The molecular weight excluding hydrogens is 523 g/mol. The molecule has 2 unspecified atom stereocenters. The molecule has 1 saturated carbocycles. The Hall–Kier alpha value is -2.16. The summed E-state index contributed by atoms with van der Waals surface area (Å²) in [6.45, 7) is 4.24. The van der Waals surface area contributed by atoms with Crippen LogP contribution in [0.4, 0.5) is 5.69 Å². The van der Waals surface area contributed by atoms with E-state index in [1.165, 1.54) is 0 Å². The fourth-order valence-electron chi connectivity index (χ4n) is 4.79. The monoisotopic (exact) mass is 554 g/mol. The van der Waals surface area contributed by atoms with Crippen molar-refractivity contribution in [3.63, 3.8) is 0 Å². The van der Waals surface area contributed by atoms with E-state index in [0.29, 0.717) is 45.8 Å². The fraction of sp³-hybridized carbons (Fsp3) is 0.500. The number of carbonyl (C=O) groups is 1. The van der Waals surface area contributed by atoms with Crippen LogP contribution in [0.1, 0.15) is 75.5 Å². The summed E-state index contributed by atoms with van der Waals surface area (Å²) in [5.74, 6) is 0.123. The Labute approximate surface area is 222 Å². The van der Waals surface area contributed by atoms with Crippen molar-refractivity contribution in [1.29, 1.82) is 0 Å². The maximum absolute atomic E-state index is 13.6. The van der Waals surface area contributed by atoms with Crippen molar-refractivity contribution in [3.8, 4) is 11.5 Å².